The van der Waals surface area contributed by atoms with Crippen LogP contribution in [0.15, 0.2) is 23.1 Å². The SMILES string of the molecule is CC[C@@H]1CN(C(=O)c2ccc3c(c2)NC(=O)[C@@H](C)S3)C[C@H]1N(C)C. The molecule has 130 valence electrons. The van der Waals surface area contributed by atoms with Crippen molar-refractivity contribution in [3.05, 3.63) is 23.8 Å². The molecule has 0 aliphatic carbocycles. The largest absolute Gasteiger partial charge is 0.337 e. The number of thioether (sulfide) groups is 1. The van der Waals surface area contributed by atoms with Crippen molar-refractivity contribution in [2.45, 2.75) is 36.5 Å². The number of likely N-dealkylation sites (tertiary alicyclic amines) is 1. The van der Waals surface area contributed by atoms with Crippen LogP contribution in [0.3, 0.4) is 0 Å². The Morgan fingerprint density at radius 2 is 2.12 bits per heavy atom. The molecule has 1 N–H and O–H groups in total. The first-order valence-electron chi connectivity index (χ1n) is 8.48. The molecule has 1 fully saturated rings. The fourth-order valence-corrected chi connectivity index (χ4v) is 4.46. The molecule has 24 heavy (non-hydrogen) atoms. The average molecular weight is 347 g/mol. The van der Waals surface area contributed by atoms with Gasteiger partial charge in [-0.05, 0) is 45.1 Å². The van der Waals surface area contributed by atoms with Crippen molar-refractivity contribution in [3.63, 3.8) is 0 Å². The van der Waals surface area contributed by atoms with Crippen molar-refractivity contribution in [2.24, 2.45) is 5.92 Å². The molecule has 5 nitrogen and oxygen atoms in total. The summed E-state index contributed by atoms with van der Waals surface area (Å²) in [5.41, 5.74) is 1.41. The number of likely N-dealkylation sites (N-methyl/N-ethyl adjacent to an activating group) is 1. The minimum absolute atomic E-state index is 0.00279. The van der Waals surface area contributed by atoms with E-state index in [4.69, 9.17) is 0 Å². The number of hydrogen-bond donors (Lipinski definition) is 1. The quantitative estimate of drug-likeness (QED) is 0.913. The number of carbonyl (C=O) groups is 2. The predicted molar refractivity (Wildman–Crippen MR) is 97.6 cm³/mol. The maximum Gasteiger partial charge on any atom is 0.253 e. The van der Waals surface area contributed by atoms with Crippen LogP contribution >= 0.6 is 11.8 Å². The Labute approximate surface area is 147 Å². The first-order chi connectivity index (χ1) is 11.4. The van der Waals surface area contributed by atoms with E-state index >= 15 is 0 Å². The molecule has 2 amide bonds. The van der Waals surface area contributed by atoms with E-state index in [1.54, 1.807) is 0 Å². The summed E-state index contributed by atoms with van der Waals surface area (Å²) in [5.74, 6) is 0.563. The Balaban J connectivity index is 1.79. The third-order valence-electron chi connectivity index (χ3n) is 5.04. The minimum atomic E-state index is -0.0937. The van der Waals surface area contributed by atoms with Gasteiger partial charge < -0.3 is 15.1 Å². The molecule has 3 atom stereocenters. The summed E-state index contributed by atoms with van der Waals surface area (Å²) in [6.45, 7) is 5.63. The monoisotopic (exact) mass is 347 g/mol. The lowest BCUT2D eigenvalue weighted by atomic mass is 10.0. The second-order valence-electron chi connectivity index (χ2n) is 6.87. The Morgan fingerprint density at radius 1 is 1.38 bits per heavy atom. The van der Waals surface area contributed by atoms with Crippen LogP contribution in [0.1, 0.15) is 30.6 Å². The number of amides is 2. The van der Waals surface area contributed by atoms with Crippen LogP contribution in [0.5, 0.6) is 0 Å². The molecule has 2 aliphatic rings. The Bertz CT molecular complexity index is 662. The first-order valence-corrected chi connectivity index (χ1v) is 9.36. The van der Waals surface area contributed by atoms with Crippen molar-refractivity contribution < 1.29 is 9.59 Å². The van der Waals surface area contributed by atoms with E-state index in [-0.39, 0.29) is 17.1 Å². The number of anilines is 1. The third-order valence-corrected chi connectivity index (χ3v) is 6.22. The molecular formula is C18H25N3O2S. The molecule has 0 saturated carbocycles. The van der Waals surface area contributed by atoms with E-state index in [9.17, 15) is 9.59 Å². The van der Waals surface area contributed by atoms with Gasteiger partial charge >= 0.3 is 0 Å². The van der Waals surface area contributed by atoms with Gasteiger partial charge in [-0.15, -0.1) is 11.8 Å². The van der Waals surface area contributed by atoms with E-state index in [2.05, 4.69) is 31.2 Å². The average Bonchev–Trinajstić information content (AvgIpc) is 2.99. The van der Waals surface area contributed by atoms with Gasteiger partial charge in [0.2, 0.25) is 5.91 Å². The Hall–Kier alpha value is -1.53. The highest BCUT2D eigenvalue weighted by atomic mass is 32.2. The molecule has 0 spiro atoms. The van der Waals surface area contributed by atoms with Crippen molar-refractivity contribution in [1.82, 2.24) is 9.80 Å². The van der Waals surface area contributed by atoms with Crippen LogP contribution in [-0.4, -0.2) is 60.1 Å². The maximum absolute atomic E-state index is 12.9. The molecule has 0 radical (unpaired) electrons. The summed E-state index contributed by atoms with van der Waals surface area (Å²) in [6.07, 6.45) is 1.07. The zero-order chi connectivity index (χ0) is 17.4. The van der Waals surface area contributed by atoms with Gasteiger partial charge in [0.05, 0.1) is 10.9 Å². The van der Waals surface area contributed by atoms with Gasteiger partial charge in [0.25, 0.3) is 5.91 Å². The van der Waals surface area contributed by atoms with Crippen LogP contribution in [0.4, 0.5) is 5.69 Å². The van der Waals surface area contributed by atoms with Crippen molar-refractivity contribution in [1.29, 1.82) is 0 Å². The highest BCUT2D eigenvalue weighted by molar-refractivity contribution is 8.00. The number of nitrogens with one attached hydrogen (secondary N) is 1. The van der Waals surface area contributed by atoms with Crippen LogP contribution < -0.4 is 5.32 Å². The van der Waals surface area contributed by atoms with Gasteiger partial charge in [-0.25, -0.2) is 0 Å². The number of nitrogens with zero attached hydrogens (tertiary/aromatic N) is 2. The highest BCUT2D eigenvalue weighted by Gasteiger charge is 2.36. The van der Waals surface area contributed by atoms with E-state index in [1.807, 2.05) is 30.0 Å². The summed E-state index contributed by atoms with van der Waals surface area (Å²) in [6, 6.07) is 6.05. The lowest BCUT2D eigenvalue weighted by Crippen LogP contribution is -2.36. The van der Waals surface area contributed by atoms with E-state index in [0.717, 1.165) is 30.1 Å². The van der Waals surface area contributed by atoms with Crippen LogP contribution in [0.2, 0.25) is 0 Å². The van der Waals surface area contributed by atoms with Gasteiger partial charge in [0, 0.05) is 29.6 Å². The summed E-state index contributed by atoms with van der Waals surface area (Å²) < 4.78 is 0. The molecule has 0 aromatic heterocycles. The number of fused-ring (bicyclic) bond motifs is 1. The van der Waals surface area contributed by atoms with Gasteiger partial charge in [-0.2, -0.15) is 0 Å². The molecule has 0 bridgehead atoms. The summed E-state index contributed by atoms with van der Waals surface area (Å²) >= 11 is 1.54. The third kappa shape index (κ3) is 3.17. The van der Waals surface area contributed by atoms with E-state index in [1.165, 1.54) is 11.8 Å². The molecular weight excluding hydrogens is 322 g/mol. The van der Waals surface area contributed by atoms with E-state index in [0.29, 0.717) is 17.5 Å². The molecule has 2 heterocycles. The normalized spacial score (nSPS) is 26.5. The fourth-order valence-electron chi connectivity index (χ4n) is 3.53. The Kier molecular flexibility index (Phi) is 4.88. The summed E-state index contributed by atoms with van der Waals surface area (Å²) in [5, 5.41) is 2.81. The van der Waals surface area contributed by atoms with Gasteiger partial charge in [-0.1, -0.05) is 13.3 Å². The second-order valence-corrected chi connectivity index (χ2v) is 8.25. The number of hydrogen-bond acceptors (Lipinski definition) is 4. The minimum Gasteiger partial charge on any atom is -0.337 e. The number of carbonyl (C=O) groups excluding carboxylic acids is 2. The van der Waals surface area contributed by atoms with Gasteiger partial charge in [0.15, 0.2) is 0 Å². The lowest BCUT2D eigenvalue weighted by molar-refractivity contribution is -0.115. The topological polar surface area (TPSA) is 52.7 Å². The predicted octanol–water partition coefficient (Wildman–Crippen LogP) is 2.53. The molecule has 6 heteroatoms. The standard InChI is InChI=1S/C18H25N3O2S/c1-5-12-9-21(10-15(12)20(3)4)18(23)13-6-7-16-14(8-13)19-17(22)11(2)24-16/h6-8,11-12,15H,5,9-10H2,1-4H3,(H,19,22)/t11-,12-,15-/m1/s1. The Morgan fingerprint density at radius 3 is 2.75 bits per heavy atom. The fraction of sp³-hybridized carbons (Fsp3) is 0.556. The van der Waals surface area contributed by atoms with Crippen molar-refractivity contribution >= 4 is 29.3 Å². The molecule has 1 saturated heterocycles. The van der Waals surface area contributed by atoms with E-state index < -0.39 is 0 Å². The lowest BCUT2D eigenvalue weighted by Gasteiger charge is -2.24. The number of rotatable bonds is 3. The molecule has 0 unspecified atom stereocenters. The van der Waals surface area contributed by atoms with Crippen LogP contribution in [-0.2, 0) is 4.79 Å². The molecule has 1 aromatic rings. The molecule has 2 aliphatic heterocycles. The summed E-state index contributed by atoms with van der Waals surface area (Å²) in [7, 11) is 4.16. The maximum atomic E-state index is 12.9. The molecule has 3 rings (SSSR count). The van der Waals surface area contributed by atoms with Gasteiger partial charge in [-0.3, -0.25) is 9.59 Å². The zero-order valence-corrected chi connectivity index (χ0v) is 15.5. The van der Waals surface area contributed by atoms with Crippen LogP contribution in [0, 0.1) is 5.92 Å². The zero-order valence-electron chi connectivity index (χ0n) is 14.7. The summed E-state index contributed by atoms with van der Waals surface area (Å²) in [4.78, 5) is 29.9. The smallest absolute Gasteiger partial charge is 0.253 e. The van der Waals surface area contributed by atoms with Crippen molar-refractivity contribution in [2.75, 3.05) is 32.5 Å². The van der Waals surface area contributed by atoms with Crippen LogP contribution in [0.25, 0.3) is 0 Å². The van der Waals surface area contributed by atoms with Gasteiger partial charge in [0.1, 0.15) is 0 Å². The second kappa shape index (κ2) is 6.76. The highest BCUT2D eigenvalue weighted by Crippen LogP contribution is 2.36. The molecule has 1 aromatic carbocycles. The number of benzene rings is 1. The van der Waals surface area contributed by atoms with Crippen molar-refractivity contribution in [3.8, 4) is 0 Å². The first kappa shape index (κ1) is 17.3.